The molecule has 1 atom stereocenters. The van der Waals surface area contributed by atoms with E-state index in [0.29, 0.717) is 6.42 Å². The minimum atomic E-state index is -2.97. The number of furan rings is 1. The molecule has 0 aliphatic carbocycles. The fraction of sp³-hybridized carbons (Fsp3) is 0.500. The van der Waals surface area contributed by atoms with Gasteiger partial charge in [0.15, 0.2) is 15.6 Å². The minimum Gasteiger partial charge on any atom is -0.459 e. The molecule has 5 nitrogen and oxygen atoms in total. The molecule has 6 heteroatoms. The molecule has 0 radical (unpaired) electrons. The largest absolute Gasteiger partial charge is 0.459 e. The van der Waals surface area contributed by atoms with Crippen molar-refractivity contribution in [3.05, 3.63) is 24.2 Å². The SMILES string of the molecule is CN(C(=O)c1ccco1)[C@@H]1CCS(=O)(=O)C1. The lowest BCUT2D eigenvalue weighted by atomic mass is 10.2. The van der Waals surface area contributed by atoms with Crippen LogP contribution in [0.1, 0.15) is 17.0 Å². The highest BCUT2D eigenvalue weighted by Crippen LogP contribution is 2.18. The zero-order chi connectivity index (χ0) is 11.8. The molecule has 1 aliphatic heterocycles. The third-order valence-corrected chi connectivity index (χ3v) is 4.56. The molecule has 16 heavy (non-hydrogen) atoms. The molecular weight excluding hydrogens is 230 g/mol. The van der Waals surface area contributed by atoms with Gasteiger partial charge < -0.3 is 9.32 Å². The highest BCUT2D eigenvalue weighted by atomic mass is 32.2. The summed E-state index contributed by atoms with van der Waals surface area (Å²) >= 11 is 0. The molecule has 0 bridgehead atoms. The lowest BCUT2D eigenvalue weighted by Crippen LogP contribution is -2.37. The maximum atomic E-state index is 11.8. The van der Waals surface area contributed by atoms with E-state index in [9.17, 15) is 13.2 Å². The molecule has 1 saturated heterocycles. The molecule has 0 aromatic carbocycles. The molecule has 1 aromatic rings. The third kappa shape index (κ3) is 2.11. The summed E-state index contributed by atoms with van der Waals surface area (Å²) < 4.78 is 27.6. The van der Waals surface area contributed by atoms with Crippen molar-refractivity contribution in [3.8, 4) is 0 Å². The first-order chi connectivity index (χ1) is 7.49. The van der Waals surface area contributed by atoms with E-state index in [0.717, 1.165) is 0 Å². The molecule has 0 N–H and O–H groups in total. The average molecular weight is 243 g/mol. The quantitative estimate of drug-likeness (QED) is 0.760. The van der Waals surface area contributed by atoms with Gasteiger partial charge in [-0.25, -0.2) is 8.42 Å². The molecule has 0 saturated carbocycles. The molecule has 0 unspecified atom stereocenters. The second-order valence-electron chi connectivity index (χ2n) is 3.95. The van der Waals surface area contributed by atoms with Gasteiger partial charge in [-0.1, -0.05) is 0 Å². The van der Waals surface area contributed by atoms with Crippen LogP contribution in [0.2, 0.25) is 0 Å². The van der Waals surface area contributed by atoms with E-state index < -0.39 is 9.84 Å². The van der Waals surface area contributed by atoms with Gasteiger partial charge in [0.05, 0.1) is 17.8 Å². The smallest absolute Gasteiger partial charge is 0.289 e. The molecule has 1 aromatic heterocycles. The lowest BCUT2D eigenvalue weighted by molar-refractivity contribution is 0.0715. The first-order valence-corrected chi connectivity index (χ1v) is 6.83. The Morgan fingerprint density at radius 3 is 2.81 bits per heavy atom. The lowest BCUT2D eigenvalue weighted by Gasteiger charge is -2.21. The van der Waals surface area contributed by atoms with E-state index in [1.807, 2.05) is 0 Å². The van der Waals surface area contributed by atoms with Crippen molar-refractivity contribution in [2.45, 2.75) is 12.5 Å². The van der Waals surface area contributed by atoms with E-state index in [-0.39, 0.29) is 29.2 Å². The highest BCUT2D eigenvalue weighted by Gasteiger charge is 2.33. The summed E-state index contributed by atoms with van der Waals surface area (Å²) in [6, 6.07) is 2.97. The topological polar surface area (TPSA) is 67.6 Å². The molecule has 2 rings (SSSR count). The Bertz CT molecular complexity index is 477. The Labute approximate surface area is 94.0 Å². The predicted octanol–water partition coefficient (Wildman–Crippen LogP) is 0.539. The van der Waals surface area contributed by atoms with E-state index in [1.54, 1.807) is 19.2 Å². The number of hydrogen-bond acceptors (Lipinski definition) is 4. The number of sulfone groups is 1. The van der Waals surface area contributed by atoms with E-state index in [4.69, 9.17) is 4.42 Å². The number of carbonyl (C=O) groups excluding carboxylic acids is 1. The second kappa shape index (κ2) is 3.93. The van der Waals surface area contributed by atoms with Gasteiger partial charge in [-0.15, -0.1) is 0 Å². The van der Waals surface area contributed by atoms with Crippen LogP contribution in [0.3, 0.4) is 0 Å². The number of carbonyl (C=O) groups is 1. The fourth-order valence-electron chi connectivity index (χ4n) is 1.82. The normalized spacial score (nSPS) is 23.2. The maximum absolute atomic E-state index is 11.8. The first kappa shape index (κ1) is 11.2. The summed E-state index contributed by atoms with van der Waals surface area (Å²) in [7, 11) is -1.36. The third-order valence-electron chi connectivity index (χ3n) is 2.81. The minimum absolute atomic E-state index is 0.0515. The van der Waals surface area contributed by atoms with Gasteiger partial charge in [-0.3, -0.25) is 4.79 Å². The van der Waals surface area contributed by atoms with Gasteiger partial charge in [0, 0.05) is 13.1 Å². The maximum Gasteiger partial charge on any atom is 0.289 e. The van der Waals surface area contributed by atoms with Crippen LogP contribution in [0, 0.1) is 0 Å². The van der Waals surface area contributed by atoms with Gasteiger partial charge in [0.1, 0.15) is 0 Å². The van der Waals surface area contributed by atoms with Crippen molar-refractivity contribution in [3.63, 3.8) is 0 Å². The molecule has 1 aliphatic rings. The summed E-state index contributed by atoms with van der Waals surface area (Å²) in [4.78, 5) is 13.3. The molecule has 2 heterocycles. The van der Waals surface area contributed by atoms with Crippen molar-refractivity contribution in [1.82, 2.24) is 4.90 Å². The molecular formula is C10H13NO4S. The molecule has 0 spiro atoms. The van der Waals surface area contributed by atoms with Gasteiger partial charge in [-0.05, 0) is 18.6 Å². The Morgan fingerprint density at radius 1 is 1.56 bits per heavy atom. The molecule has 88 valence electrons. The van der Waals surface area contributed by atoms with Crippen LogP contribution in [0.5, 0.6) is 0 Å². The Balaban J connectivity index is 2.09. The van der Waals surface area contributed by atoms with Gasteiger partial charge in [0.2, 0.25) is 0 Å². The van der Waals surface area contributed by atoms with Crippen molar-refractivity contribution in [1.29, 1.82) is 0 Å². The molecule has 1 amide bonds. The van der Waals surface area contributed by atoms with E-state index in [1.165, 1.54) is 11.2 Å². The molecule has 1 fully saturated rings. The van der Waals surface area contributed by atoms with Gasteiger partial charge >= 0.3 is 0 Å². The van der Waals surface area contributed by atoms with Crippen LogP contribution in [-0.2, 0) is 9.84 Å². The standard InChI is InChI=1S/C10H13NO4S/c1-11(8-4-6-16(13,14)7-8)10(12)9-3-2-5-15-9/h2-3,5,8H,4,6-7H2,1H3/t8-/m1/s1. The number of nitrogens with zero attached hydrogens (tertiary/aromatic N) is 1. The zero-order valence-corrected chi connectivity index (χ0v) is 9.74. The van der Waals surface area contributed by atoms with Gasteiger partial charge in [0.25, 0.3) is 5.91 Å². The highest BCUT2D eigenvalue weighted by molar-refractivity contribution is 7.91. The van der Waals surface area contributed by atoms with Crippen LogP contribution >= 0.6 is 0 Å². The average Bonchev–Trinajstić information content (AvgIpc) is 2.84. The van der Waals surface area contributed by atoms with Crippen molar-refractivity contribution in [2.24, 2.45) is 0 Å². The summed E-state index contributed by atoms with van der Waals surface area (Å²) in [5, 5.41) is 0. The monoisotopic (exact) mass is 243 g/mol. The summed E-state index contributed by atoms with van der Waals surface area (Å²) in [5.74, 6) is 0.183. The summed E-state index contributed by atoms with van der Waals surface area (Å²) in [5.41, 5.74) is 0. The van der Waals surface area contributed by atoms with Crippen LogP contribution in [0.4, 0.5) is 0 Å². The summed E-state index contributed by atoms with van der Waals surface area (Å²) in [6.07, 6.45) is 1.93. The number of rotatable bonds is 2. The first-order valence-electron chi connectivity index (χ1n) is 5.01. The Kier molecular flexibility index (Phi) is 2.75. The Morgan fingerprint density at radius 2 is 2.31 bits per heavy atom. The van der Waals surface area contributed by atoms with Crippen LogP contribution in [0.25, 0.3) is 0 Å². The van der Waals surface area contributed by atoms with Crippen molar-refractivity contribution in [2.75, 3.05) is 18.6 Å². The van der Waals surface area contributed by atoms with Crippen molar-refractivity contribution < 1.29 is 17.6 Å². The summed E-state index contributed by atoms with van der Waals surface area (Å²) in [6.45, 7) is 0. The number of amides is 1. The van der Waals surface area contributed by atoms with Crippen LogP contribution in [-0.4, -0.2) is 43.8 Å². The zero-order valence-electron chi connectivity index (χ0n) is 8.92. The van der Waals surface area contributed by atoms with Crippen molar-refractivity contribution >= 4 is 15.7 Å². The van der Waals surface area contributed by atoms with E-state index in [2.05, 4.69) is 0 Å². The van der Waals surface area contributed by atoms with Crippen LogP contribution in [0.15, 0.2) is 22.8 Å². The van der Waals surface area contributed by atoms with E-state index >= 15 is 0 Å². The fourth-order valence-corrected chi connectivity index (χ4v) is 3.60. The number of hydrogen-bond donors (Lipinski definition) is 0. The Hall–Kier alpha value is -1.30. The van der Waals surface area contributed by atoms with Crippen LogP contribution < -0.4 is 0 Å². The second-order valence-corrected chi connectivity index (χ2v) is 6.18. The predicted molar refractivity (Wildman–Crippen MR) is 57.9 cm³/mol. The van der Waals surface area contributed by atoms with Gasteiger partial charge in [-0.2, -0.15) is 0 Å².